The number of amides is 1. The summed E-state index contributed by atoms with van der Waals surface area (Å²) in [6.07, 6.45) is -0.0679. The number of aliphatic carboxylic acids is 1. The van der Waals surface area contributed by atoms with E-state index in [1.807, 2.05) is 0 Å². The van der Waals surface area contributed by atoms with Crippen LogP contribution in [0, 0.1) is 0 Å². The van der Waals surface area contributed by atoms with Crippen molar-refractivity contribution in [2.45, 2.75) is 17.1 Å². The highest BCUT2D eigenvalue weighted by Gasteiger charge is 2.13. The Morgan fingerprint density at radius 1 is 1.36 bits per heavy atom. The van der Waals surface area contributed by atoms with Crippen molar-refractivity contribution in [3.05, 3.63) is 24.3 Å². The fourth-order valence-electron chi connectivity index (χ4n) is 1.57. The molecule has 0 aromatic heterocycles. The number of nitrogens with zero attached hydrogens (tertiary/aromatic N) is 1. The van der Waals surface area contributed by atoms with E-state index in [1.165, 1.54) is 6.07 Å². The Bertz CT molecular complexity index is 506. The quantitative estimate of drug-likeness (QED) is 0.702. The molecule has 0 bridgehead atoms. The van der Waals surface area contributed by atoms with Gasteiger partial charge in [0.2, 0.25) is 5.91 Å². The topological polar surface area (TPSA) is 69.6 Å². The summed E-state index contributed by atoms with van der Waals surface area (Å²) in [4.78, 5) is 24.1. The van der Waals surface area contributed by atoms with Crippen molar-refractivity contribution in [1.29, 1.82) is 0 Å². The van der Waals surface area contributed by atoms with Crippen molar-refractivity contribution in [3.63, 3.8) is 0 Å². The van der Waals surface area contributed by atoms with Gasteiger partial charge in [0, 0.05) is 11.4 Å². The summed E-state index contributed by atoms with van der Waals surface area (Å²) in [6, 6.07) is 6.29. The van der Waals surface area contributed by atoms with Crippen LogP contribution in [0.2, 0.25) is 0 Å². The predicted molar refractivity (Wildman–Crippen MR) is 83.9 cm³/mol. The van der Waals surface area contributed by atoms with E-state index >= 15 is 0 Å². The van der Waals surface area contributed by atoms with Gasteiger partial charge in [-0.3, -0.25) is 14.5 Å². The number of thioether (sulfide) groups is 1. The standard InChI is InChI=1S/C13H16F2N2O3S.ClH/c1-17(7-6-12(19)20)8-11(18)16-9-4-2-3-5-10(9)21-13(14)15;/h2-5,13H,6-8H2,1H3,(H,16,18)(H,19,20);1H. The summed E-state index contributed by atoms with van der Waals surface area (Å²) in [5.74, 6) is -3.90. The molecule has 1 amide bonds. The van der Waals surface area contributed by atoms with E-state index in [9.17, 15) is 18.4 Å². The number of likely N-dealkylation sites (N-methyl/N-ethyl adjacent to an activating group) is 1. The summed E-state index contributed by atoms with van der Waals surface area (Å²) in [5.41, 5.74) is 0.319. The molecule has 1 aromatic carbocycles. The van der Waals surface area contributed by atoms with Gasteiger partial charge >= 0.3 is 5.97 Å². The van der Waals surface area contributed by atoms with E-state index in [0.29, 0.717) is 17.4 Å². The van der Waals surface area contributed by atoms with Crippen LogP contribution in [0.25, 0.3) is 0 Å². The molecule has 0 aliphatic heterocycles. The first-order valence-electron chi connectivity index (χ1n) is 6.12. The molecule has 5 nitrogen and oxygen atoms in total. The van der Waals surface area contributed by atoms with Crippen LogP contribution < -0.4 is 5.32 Å². The summed E-state index contributed by atoms with van der Waals surface area (Å²) >= 11 is 0.361. The van der Waals surface area contributed by atoms with Crippen LogP contribution in [0.1, 0.15) is 6.42 Å². The number of hydrogen-bond donors (Lipinski definition) is 2. The Morgan fingerprint density at radius 2 is 2.00 bits per heavy atom. The molecule has 0 heterocycles. The van der Waals surface area contributed by atoms with Gasteiger partial charge in [0.25, 0.3) is 5.76 Å². The Hall–Kier alpha value is -1.38. The van der Waals surface area contributed by atoms with Crippen LogP contribution in [0.15, 0.2) is 29.2 Å². The molecule has 22 heavy (non-hydrogen) atoms. The molecule has 0 fully saturated rings. The lowest BCUT2D eigenvalue weighted by Gasteiger charge is -2.16. The molecular weight excluding hydrogens is 338 g/mol. The number of carboxylic acid groups (broad SMARTS) is 1. The van der Waals surface area contributed by atoms with Crippen LogP contribution in [0.4, 0.5) is 14.5 Å². The van der Waals surface area contributed by atoms with Gasteiger partial charge in [-0.2, -0.15) is 8.78 Å². The van der Waals surface area contributed by atoms with Crippen molar-refractivity contribution in [2.75, 3.05) is 25.5 Å². The molecule has 0 aliphatic rings. The van der Waals surface area contributed by atoms with Crippen LogP contribution in [0.3, 0.4) is 0 Å². The second-order valence-electron chi connectivity index (χ2n) is 4.30. The third kappa shape index (κ3) is 8.16. The van der Waals surface area contributed by atoms with E-state index in [-0.39, 0.29) is 42.7 Å². The molecule has 0 unspecified atom stereocenters. The highest BCUT2D eigenvalue weighted by Crippen LogP contribution is 2.31. The maximum atomic E-state index is 12.4. The number of benzene rings is 1. The second kappa shape index (κ2) is 10.4. The number of carboxylic acids is 1. The average molecular weight is 355 g/mol. The Morgan fingerprint density at radius 3 is 2.59 bits per heavy atom. The smallest absolute Gasteiger partial charge is 0.304 e. The molecule has 2 N–H and O–H groups in total. The molecule has 1 aromatic rings. The molecule has 1 rings (SSSR count). The maximum absolute atomic E-state index is 12.4. The first kappa shape index (κ1) is 20.6. The molecule has 0 saturated carbocycles. The highest BCUT2D eigenvalue weighted by atomic mass is 35.5. The number of rotatable bonds is 8. The maximum Gasteiger partial charge on any atom is 0.304 e. The van der Waals surface area contributed by atoms with Crippen LogP contribution >= 0.6 is 24.2 Å². The second-order valence-corrected chi connectivity index (χ2v) is 5.34. The molecule has 9 heteroatoms. The lowest BCUT2D eigenvalue weighted by Crippen LogP contribution is -2.31. The van der Waals surface area contributed by atoms with Crippen molar-refractivity contribution >= 4 is 41.7 Å². The van der Waals surface area contributed by atoms with Crippen molar-refractivity contribution in [2.24, 2.45) is 0 Å². The molecule has 0 aliphatic carbocycles. The number of halogens is 3. The minimum absolute atomic E-state index is 0. The number of carbonyl (C=O) groups is 2. The van der Waals surface area contributed by atoms with E-state index in [1.54, 1.807) is 30.1 Å². The van der Waals surface area contributed by atoms with E-state index in [2.05, 4.69) is 5.32 Å². The van der Waals surface area contributed by atoms with Gasteiger partial charge in [-0.25, -0.2) is 0 Å². The molecule has 0 atom stereocenters. The van der Waals surface area contributed by atoms with Gasteiger partial charge in [0.05, 0.1) is 18.7 Å². The third-order valence-corrected chi connectivity index (χ3v) is 3.29. The first-order chi connectivity index (χ1) is 9.88. The minimum Gasteiger partial charge on any atom is -0.481 e. The third-order valence-electron chi connectivity index (χ3n) is 2.50. The van der Waals surface area contributed by atoms with Crippen LogP contribution in [0.5, 0.6) is 0 Å². The normalized spacial score (nSPS) is 10.4. The van der Waals surface area contributed by atoms with Crippen LogP contribution in [-0.2, 0) is 9.59 Å². The van der Waals surface area contributed by atoms with Crippen molar-refractivity contribution in [3.8, 4) is 0 Å². The largest absolute Gasteiger partial charge is 0.481 e. The van der Waals surface area contributed by atoms with Gasteiger partial charge in [-0.05, 0) is 19.2 Å². The molecular formula is C13H17ClF2N2O3S. The Kier molecular flexibility index (Phi) is 9.71. The Balaban J connectivity index is 0.00000441. The number of carbonyl (C=O) groups excluding carboxylic acids is 1. The first-order valence-corrected chi connectivity index (χ1v) is 7.00. The minimum atomic E-state index is -2.57. The zero-order valence-corrected chi connectivity index (χ0v) is 13.4. The van der Waals surface area contributed by atoms with Gasteiger partial charge < -0.3 is 10.4 Å². The van der Waals surface area contributed by atoms with E-state index in [4.69, 9.17) is 5.11 Å². The zero-order valence-electron chi connectivity index (χ0n) is 11.8. The monoisotopic (exact) mass is 354 g/mol. The summed E-state index contributed by atoms with van der Waals surface area (Å²) in [7, 11) is 1.61. The van der Waals surface area contributed by atoms with Crippen molar-refractivity contribution < 1.29 is 23.5 Å². The van der Waals surface area contributed by atoms with Crippen LogP contribution in [-0.4, -0.2) is 47.8 Å². The number of para-hydroxylation sites is 1. The summed E-state index contributed by atoms with van der Waals surface area (Å²) in [5, 5.41) is 11.1. The molecule has 124 valence electrons. The molecule has 0 saturated heterocycles. The van der Waals surface area contributed by atoms with Crippen molar-refractivity contribution in [1.82, 2.24) is 4.90 Å². The fourth-order valence-corrected chi connectivity index (χ4v) is 2.16. The van der Waals surface area contributed by atoms with Gasteiger partial charge in [0.15, 0.2) is 0 Å². The summed E-state index contributed by atoms with van der Waals surface area (Å²) in [6.45, 7) is 0.219. The predicted octanol–water partition coefficient (Wildman–Crippen LogP) is 2.77. The average Bonchev–Trinajstić information content (AvgIpc) is 2.38. The molecule has 0 radical (unpaired) electrons. The number of hydrogen-bond acceptors (Lipinski definition) is 4. The number of alkyl halides is 2. The Labute approximate surface area is 137 Å². The van der Waals surface area contributed by atoms with Gasteiger partial charge in [-0.1, -0.05) is 23.9 Å². The van der Waals surface area contributed by atoms with E-state index < -0.39 is 11.7 Å². The SMILES string of the molecule is CN(CCC(=O)O)CC(=O)Nc1ccccc1SC(F)F.Cl. The number of anilines is 1. The lowest BCUT2D eigenvalue weighted by atomic mass is 10.3. The van der Waals surface area contributed by atoms with Gasteiger partial charge in [0.1, 0.15) is 0 Å². The molecule has 0 spiro atoms. The lowest BCUT2D eigenvalue weighted by molar-refractivity contribution is -0.137. The number of nitrogens with one attached hydrogen (secondary N) is 1. The zero-order chi connectivity index (χ0) is 15.8. The van der Waals surface area contributed by atoms with E-state index in [0.717, 1.165) is 0 Å². The van der Waals surface area contributed by atoms with Gasteiger partial charge in [-0.15, -0.1) is 12.4 Å². The summed E-state index contributed by atoms with van der Waals surface area (Å²) < 4.78 is 24.8. The fraction of sp³-hybridized carbons (Fsp3) is 0.385. The highest BCUT2D eigenvalue weighted by molar-refractivity contribution is 7.99.